The van der Waals surface area contributed by atoms with Crippen molar-refractivity contribution in [3.05, 3.63) is 40.3 Å². The van der Waals surface area contributed by atoms with E-state index in [-0.39, 0.29) is 11.7 Å². The van der Waals surface area contributed by atoms with Crippen LogP contribution in [0.1, 0.15) is 65.7 Å². The molecule has 0 radical (unpaired) electrons. The fourth-order valence-electron chi connectivity index (χ4n) is 3.10. The maximum absolute atomic E-state index is 12.2. The van der Waals surface area contributed by atoms with Crippen molar-refractivity contribution >= 4 is 5.91 Å². The van der Waals surface area contributed by atoms with Gasteiger partial charge in [-0.3, -0.25) is 4.79 Å². The Bertz CT molecular complexity index is 737. The van der Waals surface area contributed by atoms with Crippen molar-refractivity contribution in [2.75, 3.05) is 0 Å². The summed E-state index contributed by atoms with van der Waals surface area (Å²) in [7, 11) is 0. The molecule has 0 aromatic carbocycles. The summed E-state index contributed by atoms with van der Waals surface area (Å²) in [5, 5.41) is 6.76. The molecule has 0 spiro atoms. The third kappa shape index (κ3) is 3.80. The molecule has 2 aromatic heterocycles. The number of nitrogens with zero attached hydrogens (tertiary/aromatic N) is 3. The van der Waals surface area contributed by atoms with Crippen LogP contribution in [0, 0.1) is 12.8 Å². The monoisotopic (exact) mass is 328 g/mol. The van der Waals surface area contributed by atoms with Crippen molar-refractivity contribution in [3.8, 4) is 0 Å². The summed E-state index contributed by atoms with van der Waals surface area (Å²) in [6.45, 7) is 6.52. The maximum Gasteiger partial charge on any atom is 0.290 e. The molecule has 2 heterocycles. The number of carbonyl (C=O) groups excluding carboxylic acids is 1. The Balaban J connectivity index is 1.64. The predicted molar refractivity (Wildman–Crippen MR) is 89.6 cm³/mol. The molecule has 0 fully saturated rings. The summed E-state index contributed by atoms with van der Waals surface area (Å²) in [5.41, 5.74) is 4.25. The lowest BCUT2D eigenvalue weighted by atomic mass is 9.95. The number of rotatable bonds is 5. The highest BCUT2D eigenvalue weighted by molar-refractivity contribution is 5.91. The second-order valence-electron chi connectivity index (χ2n) is 6.82. The van der Waals surface area contributed by atoms with E-state index in [1.165, 1.54) is 18.4 Å². The third-order valence-corrected chi connectivity index (χ3v) is 4.24. The average Bonchev–Trinajstić information content (AvgIpc) is 3.00. The van der Waals surface area contributed by atoms with Crippen LogP contribution in [0.3, 0.4) is 0 Å². The minimum absolute atomic E-state index is 0.236. The van der Waals surface area contributed by atoms with Crippen LogP contribution in [0.25, 0.3) is 0 Å². The molecule has 128 valence electrons. The van der Waals surface area contributed by atoms with E-state index in [0.717, 1.165) is 36.3 Å². The normalized spacial score (nSPS) is 13.8. The SMILES string of the molecule is Cc1nc(CNC(=O)c2cc(CC(C)C)no2)nc2c1CCCC2. The first-order valence-corrected chi connectivity index (χ1v) is 8.62. The van der Waals surface area contributed by atoms with Crippen LogP contribution in [0.4, 0.5) is 0 Å². The number of carbonyl (C=O) groups is 1. The highest BCUT2D eigenvalue weighted by Gasteiger charge is 2.17. The lowest BCUT2D eigenvalue weighted by Gasteiger charge is -2.17. The van der Waals surface area contributed by atoms with Crippen molar-refractivity contribution in [2.45, 2.75) is 59.4 Å². The molecule has 0 bridgehead atoms. The molecule has 1 amide bonds. The van der Waals surface area contributed by atoms with Crippen molar-refractivity contribution in [1.82, 2.24) is 20.4 Å². The van der Waals surface area contributed by atoms with Gasteiger partial charge in [0.2, 0.25) is 5.76 Å². The van der Waals surface area contributed by atoms with Crippen molar-refractivity contribution in [3.63, 3.8) is 0 Å². The summed E-state index contributed by atoms with van der Waals surface area (Å²) in [4.78, 5) is 21.3. The van der Waals surface area contributed by atoms with Gasteiger partial charge in [0, 0.05) is 17.5 Å². The van der Waals surface area contributed by atoms with Crippen molar-refractivity contribution in [2.24, 2.45) is 5.92 Å². The first kappa shape index (κ1) is 16.6. The van der Waals surface area contributed by atoms with Gasteiger partial charge in [0.15, 0.2) is 0 Å². The average molecular weight is 328 g/mol. The zero-order chi connectivity index (χ0) is 17.1. The smallest absolute Gasteiger partial charge is 0.290 e. The summed E-state index contributed by atoms with van der Waals surface area (Å²) in [6, 6.07) is 1.70. The first-order chi connectivity index (χ1) is 11.5. The van der Waals surface area contributed by atoms with Crippen LogP contribution in [0.15, 0.2) is 10.6 Å². The van der Waals surface area contributed by atoms with E-state index in [2.05, 4.69) is 34.3 Å². The van der Waals surface area contributed by atoms with Gasteiger partial charge < -0.3 is 9.84 Å². The molecule has 1 N–H and O–H groups in total. The number of hydrogen-bond donors (Lipinski definition) is 1. The van der Waals surface area contributed by atoms with Gasteiger partial charge in [-0.1, -0.05) is 19.0 Å². The molecule has 0 unspecified atom stereocenters. The van der Waals surface area contributed by atoms with E-state index >= 15 is 0 Å². The Morgan fingerprint density at radius 3 is 2.88 bits per heavy atom. The number of nitrogens with one attached hydrogen (secondary N) is 1. The van der Waals surface area contributed by atoms with E-state index in [9.17, 15) is 4.79 Å². The summed E-state index contributed by atoms with van der Waals surface area (Å²) in [5.74, 6) is 1.08. The summed E-state index contributed by atoms with van der Waals surface area (Å²) >= 11 is 0. The molecule has 6 heteroatoms. The number of aryl methyl sites for hydroxylation is 2. The van der Waals surface area contributed by atoms with Gasteiger partial charge in [-0.25, -0.2) is 9.97 Å². The minimum atomic E-state index is -0.281. The van der Waals surface area contributed by atoms with E-state index in [4.69, 9.17) is 4.52 Å². The quantitative estimate of drug-likeness (QED) is 0.913. The molecular formula is C18H24N4O2. The second kappa shape index (κ2) is 7.11. The molecule has 0 aliphatic heterocycles. The van der Waals surface area contributed by atoms with Crippen molar-refractivity contribution < 1.29 is 9.32 Å². The van der Waals surface area contributed by atoms with Crippen LogP contribution < -0.4 is 5.32 Å². The second-order valence-corrected chi connectivity index (χ2v) is 6.82. The van der Waals surface area contributed by atoms with Gasteiger partial charge in [-0.15, -0.1) is 0 Å². The molecule has 1 aliphatic rings. The summed E-state index contributed by atoms with van der Waals surface area (Å²) < 4.78 is 5.13. The van der Waals surface area contributed by atoms with E-state index in [1.54, 1.807) is 6.07 Å². The fourth-order valence-corrected chi connectivity index (χ4v) is 3.10. The Hall–Kier alpha value is -2.24. The lowest BCUT2D eigenvalue weighted by Crippen LogP contribution is -2.24. The van der Waals surface area contributed by atoms with Gasteiger partial charge in [0.1, 0.15) is 5.82 Å². The maximum atomic E-state index is 12.2. The number of aromatic nitrogens is 3. The third-order valence-electron chi connectivity index (χ3n) is 4.24. The van der Waals surface area contributed by atoms with Crippen molar-refractivity contribution in [1.29, 1.82) is 0 Å². The summed E-state index contributed by atoms with van der Waals surface area (Å²) in [6.07, 6.45) is 5.23. The topological polar surface area (TPSA) is 80.9 Å². The Morgan fingerprint density at radius 1 is 1.29 bits per heavy atom. The fraction of sp³-hybridized carbons (Fsp3) is 0.556. The van der Waals surface area contributed by atoms with Gasteiger partial charge in [0.25, 0.3) is 5.91 Å². The first-order valence-electron chi connectivity index (χ1n) is 8.62. The molecule has 0 saturated carbocycles. The van der Waals surface area contributed by atoms with Crippen LogP contribution in [-0.4, -0.2) is 21.0 Å². The molecule has 6 nitrogen and oxygen atoms in total. The highest BCUT2D eigenvalue weighted by Crippen LogP contribution is 2.21. The Kier molecular flexibility index (Phi) is 4.92. The van der Waals surface area contributed by atoms with E-state index < -0.39 is 0 Å². The zero-order valence-corrected chi connectivity index (χ0v) is 14.6. The van der Waals surface area contributed by atoms with Gasteiger partial charge in [-0.05, 0) is 50.5 Å². The number of hydrogen-bond acceptors (Lipinski definition) is 5. The largest absolute Gasteiger partial charge is 0.351 e. The van der Waals surface area contributed by atoms with Crippen LogP contribution in [-0.2, 0) is 25.8 Å². The number of fused-ring (bicyclic) bond motifs is 1. The highest BCUT2D eigenvalue weighted by atomic mass is 16.5. The van der Waals surface area contributed by atoms with Crippen LogP contribution in [0.2, 0.25) is 0 Å². The van der Waals surface area contributed by atoms with Gasteiger partial charge >= 0.3 is 0 Å². The van der Waals surface area contributed by atoms with E-state index in [1.807, 2.05) is 6.92 Å². The molecule has 1 aliphatic carbocycles. The Labute approximate surface area is 142 Å². The van der Waals surface area contributed by atoms with Crippen LogP contribution in [0.5, 0.6) is 0 Å². The molecule has 2 aromatic rings. The number of amides is 1. The van der Waals surface area contributed by atoms with Crippen LogP contribution >= 0.6 is 0 Å². The zero-order valence-electron chi connectivity index (χ0n) is 14.6. The molecule has 24 heavy (non-hydrogen) atoms. The predicted octanol–water partition coefficient (Wildman–Crippen LogP) is 2.78. The molecule has 3 rings (SSSR count). The molecule has 0 saturated heterocycles. The Morgan fingerprint density at radius 2 is 2.08 bits per heavy atom. The minimum Gasteiger partial charge on any atom is -0.351 e. The lowest BCUT2D eigenvalue weighted by molar-refractivity contribution is 0.0912. The molecular weight excluding hydrogens is 304 g/mol. The standard InChI is InChI=1S/C18H24N4O2/c1-11(2)8-13-9-16(24-22-13)18(23)19-10-17-20-12(3)14-6-4-5-7-15(14)21-17/h9,11H,4-8,10H2,1-3H3,(H,19,23). The van der Waals surface area contributed by atoms with Gasteiger partial charge in [0.05, 0.1) is 12.2 Å². The van der Waals surface area contributed by atoms with Gasteiger partial charge in [-0.2, -0.15) is 0 Å². The van der Waals surface area contributed by atoms with E-state index in [0.29, 0.717) is 18.3 Å². The molecule has 0 atom stereocenters.